The largest absolute Gasteiger partial charge is 0.326 e. The van der Waals surface area contributed by atoms with E-state index < -0.39 is 0 Å². The number of carbonyl (C=O) groups excluding carboxylic acids is 1. The smallest absolute Gasteiger partial charge is 0.198 e. The molecule has 0 amide bonds. The van der Waals surface area contributed by atoms with Gasteiger partial charge in [0.15, 0.2) is 6.29 Å². The van der Waals surface area contributed by atoms with Gasteiger partial charge >= 0.3 is 0 Å². The van der Waals surface area contributed by atoms with Gasteiger partial charge < -0.3 is 5.73 Å². The maximum absolute atomic E-state index is 10.2. The molecule has 2 heteroatoms. The van der Waals surface area contributed by atoms with Crippen molar-refractivity contribution in [1.82, 2.24) is 0 Å². The van der Waals surface area contributed by atoms with E-state index in [0.717, 1.165) is 18.4 Å². The van der Waals surface area contributed by atoms with Crippen molar-refractivity contribution < 1.29 is 4.79 Å². The standard InChI is InChI=1S/C17H18NO/c18-13-17-9-7-16(8-10-17)12-15-5-3-14(4-6-15)2-1-11-19/h3-10H,1-2,12-13,18H2. The maximum Gasteiger partial charge on any atom is 0.198 e. The fourth-order valence-electron chi connectivity index (χ4n) is 2.05. The third-order valence-corrected chi connectivity index (χ3v) is 3.21. The Bertz CT molecular complexity index is 514. The van der Waals surface area contributed by atoms with Crippen molar-refractivity contribution in [2.75, 3.05) is 0 Å². The molecule has 0 aromatic heterocycles. The van der Waals surface area contributed by atoms with Crippen LogP contribution in [0.25, 0.3) is 0 Å². The van der Waals surface area contributed by atoms with E-state index in [4.69, 9.17) is 5.73 Å². The quantitative estimate of drug-likeness (QED) is 0.859. The molecule has 2 aromatic rings. The number of aryl methyl sites for hydroxylation is 1. The summed E-state index contributed by atoms with van der Waals surface area (Å²) >= 11 is 0. The van der Waals surface area contributed by atoms with Crippen molar-refractivity contribution in [2.45, 2.75) is 25.8 Å². The van der Waals surface area contributed by atoms with Crippen LogP contribution in [-0.4, -0.2) is 6.29 Å². The molecule has 2 aromatic carbocycles. The van der Waals surface area contributed by atoms with Gasteiger partial charge in [0.1, 0.15) is 0 Å². The van der Waals surface area contributed by atoms with E-state index >= 15 is 0 Å². The second-order valence-electron chi connectivity index (χ2n) is 4.66. The molecule has 97 valence electrons. The molecule has 0 aliphatic carbocycles. The monoisotopic (exact) mass is 252 g/mol. The van der Waals surface area contributed by atoms with E-state index in [1.807, 2.05) is 6.29 Å². The Morgan fingerprint density at radius 1 is 0.789 bits per heavy atom. The van der Waals surface area contributed by atoms with Crippen molar-refractivity contribution in [3.63, 3.8) is 0 Å². The first-order chi connectivity index (χ1) is 9.31. The molecule has 0 saturated carbocycles. The summed E-state index contributed by atoms with van der Waals surface area (Å²) in [6.07, 6.45) is 4.09. The van der Waals surface area contributed by atoms with E-state index in [0.29, 0.717) is 13.0 Å². The van der Waals surface area contributed by atoms with Crippen molar-refractivity contribution in [3.05, 3.63) is 70.8 Å². The van der Waals surface area contributed by atoms with Crippen LogP contribution in [0.3, 0.4) is 0 Å². The molecular weight excluding hydrogens is 234 g/mol. The highest BCUT2D eigenvalue weighted by molar-refractivity contribution is 5.51. The molecule has 0 saturated heterocycles. The minimum absolute atomic E-state index is 0.472. The zero-order valence-corrected chi connectivity index (χ0v) is 10.9. The molecule has 0 heterocycles. The molecule has 0 aliphatic rings. The molecule has 1 radical (unpaired) electrons. The van der Waals surface area contributed by atoms with E-state index in [1.54, 1.807) is 0 Å². The molecule has 2 N–H and O–H groups in total. The first kappa shape index (κ1) is 13.5. The predicted octanol–water partition coefficient (Wildman–Crippen LogP) is 2.78. The number of benzene rings is 2. The van der Waals surface area contributed by atoms with Crippen molar-refractivity contribution >= 4 is 6.29 Å². The highest BCUT2D eigenvalue weighted by Gasteiger charge is 1.98. The van der Waals surface area contributed by atoms with Crippen LogP contribution in [0.4, 0.5) is 0 Å². The van der Waals surface area contributed by atoms with Crippen LogP contribution in [0.15, 0.2) is 48.5 Å². The van der Waals surface area contributed by atoms with Gasteiger partial charge in [0.25, 0.3) is 0 Å². The molecule has 2 rings (SSSR count). The molecule has 19 heavy (non-hydrogen) atoms. The number of rotatable bonds is 6. The Morgan fingerprint density at radius 2 is 1.26 bits per heavy atom. The number of nitrogens with two attached hydrogens (primary N) is 1. The van der Waals surface area contributed by atoms with Crippen LogP contribution in [0.2, 0.25) is 0 Å². The fraction of sp³-hybridized carbons (Fsp3) is 0.235. The van der Waals surface area contributed by atoms with Crippen molar-refractivity contribution in [1.29, 1.82) is 0 Å². The van der Waals surface area contributed by atoms with E-state index in [1.165, 1.54) is 16.7 Å². The third kappa shape index (κ3) is 4.04. The lowest BCUT2D eigenvalue weighted by molar-refractivity contribution is 0.551. The van der Waals surface area contributed by atoms with Crippen LogP contribution in [0.5, 0.6) is 0 Å². The summed E-state index contributed by atoms with van der Waals surface area (Å²) in [6, 6.07) is 16.8. The predicted molar refractivity (Wildman–Crippen MR) is 77.6 cm³/mol. The molecule has 0 atom stereocenters. The lowest BCUT2D eigenvalue weighted by Gasteiger charge is -2.05. The average Bonchev–Trinajstić information content (AvgIpc) is 2.47. The highest BCUT2D eigenvalue weighted by Crippen LogP contribution is 2.12. The van der Waals surface area contributed by atoms with Crippen LogP contribution < -0.4 is 5.73 Å². The zero-order valence-electron chi connectivity index (χ0n) is 10.9. The van der Waals surface area contributed by atoms with Gasteiger partial charge in [-0.1, -0.05) is 48.5 Å². The second kappa shape index (κ2) is 6.86. The SMILES string of the molecule is NCc1ccc(Cc2ccc(CC[C]=O)cc2)cc1. The summed E-state index contributed by atoms with van der Waals surface area (Å²) in [5.74, 6) is 0. The highest BCUT2D eigenvalue weighted by atomic mass is 16.1. The fourth-order valence-corrected chi connectivity index (χ4v) is 2.05. The average molecular weight is 252 g/mol. The summed E-state index contributed by atoms with van der Waals surface area (Å²) in [7, 11) is 0. The minimum Gasteiger partial charge on any atom is -0.326 e. The Labute approximate surface area is 114 Å². The van der Waals surface area contributed by atoms with Gasteiger partial charge in [-0.05, 0) is 35.1 Å². The molecule has 0 unspecified atom stereocenters. The van der Waals surface area contributed by atoms with Gasteiger partial charge in [-0.15, -0.1) is 0 Å². The Hall–Kier alpha value is -1.93. The van der Waals surface area contributed by atoms with Crippen LogP contribution in [0.1, 0.15) is 28.7 Å². The topological polar surface area (TPSA) is 43.1 Å². The number of hydrogen-bond acceptors (Lipinski definition) is 2. The van der Waals surface area contributed by atoms with Gasteiger partial charge in [-0.25, -0.2) is 0 Å². The van der Waals surface area contributed by atoms with Crippen LogP contribution in [-0.2, 0) is 24.2 Å². The van der Waals surface area contributed by atoms with E-state index in [2.05, 4.69) is 48.5 Å². The molecule has 0 fully saturated rings. The summed E-state index contributed by atoms with van der Waals surface area (Å²) in [5.41, 5.74) is 10.5. The number of hydrogen-bond donors (Lipinski definition) is 1. The van der Waals surface area contributed by atoms with Gasteiger partial charge in [0.05, 0.1) is 0 Å². The van der Waals surface area contributed by atoms with Crippen LogP contribution >= 0.6 is 0 Å². The lowest BCUT2D eigenvalue weighted by atomic mass is 10.0. The summed E-state index contributed by atoms with van der Waals surface area (Å²) in [4.78, 5) is 10.2. The van der Waals surface area contributed by atoms with Crippen molar-refractivity contribution in [3.8, 4) is 0 Å². The molecule has 0 spiro atoms. The summed E-state index contributed by atoms with van der Waals surface area (Å²) in [6.45, 7) is 0.586. The summed E-state index contributed by atoms with van der Waals surface area (Å²) < 4.78 is 0. The molecule has 0 bridgehead atoms. The van der Waals surface area contributed by atoms with Gasteiger partial charge in [-0.3, -0.25) is 4.79 Å². The maximum atomic E-state index is 10.2. The molecule has 0 aliphatic heterocycles. The van der Waals surface area contributed by atoms with Gasteiger partial charge in [-0.2, -0.15) is 0 Å². The molecule has 2 nitrogen and oxygen atoms in total. The Morgan fingerprint density at radius 3 is 1.74 bits per heavy atom. The van der Waals surface area contributed by atoms with E-state index in [-0.39, 0.29) is 0 Å². The van der Waals surface area contributed by atoms with Gasteiger partial charge in [0, 0.05) is 13.0 Å². The summed E-state index contributed by atoms with van der Waals surface area (Å²) in [5, 5.41) is 0. The first-order valence-corrected chi connectivity index (χ1v) is 6.52. The lowest BCUT2D eigenvalue weighted by Crippen LogP contribution is -1.96. The second-order valence-corrected chi connectivity index (χ2v) is 4.66. The molecular formula is C17H18NO. The minimum atomic E-state index is 0.472. The normalized spacial score (nSPS) is 10.4. The first-order valence-electron chi connectivity index (χ1n) is 6.52. The zero-order chi connectivity index (χ0) is 13.5. The Balaban J connectivity index is 1.99. The van der Waals surface area contributed by atoms with Crippen molar-refractivity contribution in [2.24, 2.45) is 5.73 Å². The Kier molecular flexibility index (Phi) is 4.87. The van der Waals surface area contributed by atoms with Crippen LogP contribution in [0, 0.1) is 0 Å². The van der Waals surface area contributed by atoms with Gasteiger partial charge in [0.2, 0.25) is 0 Å². The third-order valence-electron chi connectivity index (χ3n) is 3.21. The van der Waals surface area contributed by atoms with E-state index in [9.17, 15) is 4.79 Å².